The fourth-order valence-electron chi connectivity index (χ4n) is 2.53. The number of aromatic nitrogens is 3. The van der Waals surface area contributed by atoms with Crippen molar-refractivity contribution < 1.29 is 4.74 Å². The van der Waals surface area contributed by atoms with Gasteiger partial charge in [0.25, 0.3) is 0 Å². The summed E-state index contributed by atoms with van der Waals surface area (Å²) in [6.45, 7) is 4.84. The second kappa shape index (κ2) is 6.05. The number of aryl methyl sites for hydroxylation is 2. The number of hydrogen-bond donors (Lipinski definition) is 1. The van der Waals surface area contributed by atoms with Crippen LogP contribution in [0.1, 0.15) is 16.8 Å². The van der Waals surface area contributed by atoms with Crippen LogP contribution in [0.25, 0.3) is 5.52 Å². The Morgan fingerprint density at radius 3 is 2.91 bits per heavy atom. The molecular formula is C17H20N4O. The average Bonchev–Trinajstić information content (AvgIpc) is 2.90. The summed E-state index contributed by atoms with van der Waals surface area (Å²) < 4.78 is 7.21. The highest BCUT2D eigenvalue weighted by atomic mass is 16.5. The third kappa shape index (κ3) is 2.88. The topological polar surface area (TPSA) is 51.5 Å². The zero-order valence-electron chi connectivity index (χ0n) is 13.1. The van der Waals surface area contributed by atoms with Crippen molar-refractivity contribution in [2.24, 2.45) is 0 Å². The van der Waals surface area contributed by atoms with Crippen LogP contribution in [-0.4, -0.2) is 28.3 Å². The monoisotopic (exact) mass is 296 g/mol. The molecule has 0 amide bonds. The summed E-state index contributed by atoms with van der Waals surface area (Å²) in [7, 11) is 1.71. The highest BCUT2D eigenvalue weighted by Gasteiger charge is 2.05. The van der Waals surface area contributed by atoms with Crippen molar-refractivity contribution in [3.8, 4) is 5.75 Å². The van der Waals surface area contributed by atoms with Crippen molar-refractivity contribution in [2.45, 2.75) is 20.3 Å². The lowest BCUT2D eigenvalue weighted by atomic mass is 10.1. The van der Waals surface area contributed by atoms with Gasteiger partial charge in [-0.05, 0) is 43.5 Å². The summed E-state index contributed by atoms with van der Waals surface area (Å²) in [4.78, 5) is 4.40. The quantitative estimate of drug-likeness (QED) is 0.786. The van der Waals surface area contributed by atoms with Gasteiger partial charge in [0.05, 0.1) is 12.8 Å². The maximum atomic E-state index is 5.37. The van der Waals surface area contributed by atoms with E-state index in [1.54, 1.807) is 13.3 Å². The molecule has 0 spiro atoms. The molecule has 1 N–H and O–H groups in total. The number of methoxy groups -OCH3 is 1. The Morgan fingerprint density at radius 2 is 2.09 bits per heavy atom. The summed E-state index contributed by atoms with van der Waals surface area (Å²) in [6.07, 6.45) is 4.53. The van der Waals surface area contributed by atoms with Gasteiger partial charge < -0.3 is 10.1 Å². The van der Waals surface area contributed by atoms with Crippen LogP contribution in [0.2, 0.25) is 0 Å². The molecule has 5 heteroatoms. The Hall–Kier alpha value is -2.56. The largest absolute Gasteiger partial charge is 0.496 e. The van der Waals surface area contributed by atoms with Gasteiger partial charge in [0, 0.05) is 18.9 Å². The van der Waals surface area contributed by atoms with Gasteiger partial charge in [-0.1, -0.05) is 12.1 Å². The van der Waals surface area contributed by atoms with E-state index in [2.05, 4.69) is 33.6 Å². The third-order valence-electron chi connectivity index (χ3n) is 3.69. The first-order valence-corrected chi connectivity index (χ1v) is 7.36. The summed E-state index contributed by atoms with van der Waals surface area (Å²) in [5.74, 6) is 1.80. The lowest BCUT2D eigenvalue weighted by Crippen LogP contribution is -2.07. The minimum absolute atomic E-state index is 0.809. The Morgan fingerprint density at radius 1 is 1.23 bits per heavy atom. The number of nitrogens with zero attached hydrogens (tertiary/aromatic N) is 3. The van der Waals surface area contributed by atoms with Crippen molar-refractivity contribution >= 4 is 11.3 Å². The molecule has 22 heavy (non-hydrogen) atoms. The maximum absolute atomic E-state index is 5.37. The molecule has 3 aromatic rings. The molecule has 0 unspecified atom stereocenters. The van der Waals surface area contributed by atoms with E-state index in [0.717, 1.165) is 41.3 Å². The van der Waals surface area contributed by atoms with E-state index in [0.29, 0.717) is 0 Å². The van der Waals surface area contributed by atoms with Gasteiger partial charge in [-0.2, -0.15) is 5.10 Å². The van der Waals surface area contributed by atoms with Crippen LogP contribution < -0.4 is 10.1 Å². The van der Waals surface area contributed by atoms with Gasteiger partial charge in [0.2, 0.25) is 0 Å². The van der Waals surface area contributed by atoms with Gasteiger partial charge in [-0.3, -0.25) is 0 Å². The second-order valence-corrected chi connectivity index (χ2v) is 5.37. The Labute approximate surface area is 130 Å². The Kier molecular flexibility index (Phi) is 3.96. The number of hydrogen-bond acceptors (Lipinski definition) is 4. The molecule has 2 heterocycles. The van der Waals surface area contributed by atoms with Crippen LogP contribution in [0, 0.1) is 13.8 Å². The van der Waals surface area contributed by atoms with Crippen LogP contribution in [0.3, 0.4) is 0 Å². The van der Waals surface area contributed by atoms with Gasteiger partial charge in [-0.15, -0.1) is 0 Å². The van der Waals surface area contributed by atoms with Crippen molar-refractivity contribution in [1.82, 2.24) is 14.6 Å². The number of nitrogens with one attached hydrogen (secondary N) is 1. The number of benzene rings is 1. The molecule has 0 radical (unpaired) electrons. The first-order valence-electron chi connectivity index (χ1n) is 7.36. The van der Waals surface area contributed by atoms with Crippen LogP contribution >= 0.6 is 0 Å². The summed E-state index contributed by atoms with van der Waals surface area (Å²) in [6, 6.07) is 8.35. The molecule has 1 aromatic carbocycles. The van der Waals surface area contributed by atoms with E-state index >= 15 is 0 Å². The van der Waals surface area contributed by atoms with E-state index in [4.69, 9.17) is 4.74 Å². The Bertz CT molecular complexity index is 794. The first-order chi connectivity index (χ1) is 10.7. The predicted molar refractivity (Wildman–Crippen MR) is 87.6 cm³/mol. The second-order valence-electron chi connectivity index (χ2n) is 5.37. The molecule has 0 saturated heterocycles. The normalized spacial score (nSPS) is 10.9. The SMILES string of the molecule is COc1cc(CCNc2nccn3nc(C)cc23)ccc1C. The van der Waals surface area contributed by atoms with Crippen LogP contribution in [-0.2, 0) is 6.42 Å². The molecule has 0 saturated carbocycles. The standard InChI is InChI=1S/C17H20N4O/c1-12-4-5-14(11-16(12)22-3)6-7-18-17-15-10-13(2)20-21(15)9-8-19-17/h4-5,8-11H,6-7H2,1-3H3,(H,18,19). The van der Waals surface area contributed by atoms with Gasteiger partial charge >= 0.3 is 0 Å². The fourth-order valence-corrected chi connectivity index (χ4v) is 2.53. The van der Waals surface area contributed by atoms with Crippen molar-refractivity contribution in [3.05, 3.63) is 53.5 Å². The van der Waals surface area contributed by atoms with Crippen LogP contribution in [0.4, 0.5) is 5.82 Å². The number of anilines is 1. The lowest BCUT2D eigenvalue weighted by Gasteiger charge is -2.09. The van der Waals surface area contributed by atoms with Gasteiger partial charge in [0.1, 0.15) is 11.3 Å². The molecule has 0 aliphatic carbocycles. The minimum Gasteiger partial charge on any atom is -0.496 e. The molecule has 0 fully saturated rings. The molecule has 0 aliphatic rings. The average molecular weight is 296 g/mol. The molecule has 2 aromatic heterocycles. The number of fused-ring (bicyclic) bond motifs is 1. The molecule has 3 rings (SSSR count). The lowest BCUT2D eigenvalue weighted by molar-refractivity contribution is 0.411. The van der Waals surface area contributed by atoms with E-state index in [1.165, 1.54) is 5.56 Å². The molecular weight excluding hydrogens is 276 g/mol. The summed E-state index contributed by atoms with van der Waals surface area (Å²) in [5, 5.41) is 7.78. The van der Waals surface area contributed by atoms with E-state index in [9.17, 15) is 0 Å². The first kappa shape index (κ1) is 14.4. The van der Waals surface area contributed by atoms with Crippen LogP contribution in [0.15, 0.2) is 36.7 Å². The number of ether oxygens (including phenoxy) is 1. The minimum atomic E-state index is 0.809. The van der Waals surface area contributed by atoms with Crippen molar-refractivity contribution in [2.75, 3.05) is 19.0 Å². The molecule has 0 aliphatic heterocycles. The van der Waals surface area contributed by atoms with E-state index in [1.807, 2.05) is 30.6 Å². The fraction of sp³-hybridized carbons (Fsp3) is 0.294. The Balaban J connectivity index is 1.70. The van der Waals surface area contributed by atoms with Gasteiger partial charge in [0.15, 0.2) is 5.82 Å². The predicted octanol–water partition coefficient (Wildman–Crippen LogP) is 3.01. The summed E-state index contributed by atoms with van der Waals surface area (Å²) in [5.41, 5.74) is 4.38. The van der Waals surface area contributed by atoms with E-state index < -0.39 is 0 Å². The van der Waals surface area contributed by atoms with Crippen molar-refractivity contribution in [1.29, 1.82) is 0 Å². The van der Waals surface area contributed by atoms with Crippen molar-refractivity contribution in [3.63, 3.8) is 0 Å². The zero-order valence-corrected chi connectivity index (χ0v) is 13.1. The molecule has 5 nitrogen and oxygen atoms in total. The zero-order chi connectivity index (χ0) is 15.5. The number of rotatable bonds is 5. The summed E-state index contributed by atoms with van der Waals surface area (Å²) >= 11 is 0. The molecule has 0 bridgehead atoms. The molecule has 0 atom stereocenters. The molecule has 114 valence electrons. The highest BCUT2D eigenvalue weighted by Crippen LogP contribution is 2.19. The van der Waals surface area contributed by atoms with Gasteiger partial charge in [-0.25, -0.2) is 9.50 Å². The highest BCUT2D eigenvalue weighted by molar-refractivity contribution is 5.67. The third-order valence-corrected chi connectivity index (χ3v) is 3.69. The van der Waals surface area contributed by atoms with E-state index in [-0.39, 0.29) is 0 Å². The van der Waals surface area contributed by atoms with Crippen LogP contribution in [0.5, 0.6) is 5.75 Å². The maximum Gasteiger partial charge on any atom is 0.152 e. The smallest absolute Gasteiger partial charge is 0.152 e.